The van der Waals surface area contributed by atoms with Crippen LogP contribution in [0.15, 0.2) is 82.0 Å². The molecule has 164 valence electrons. The molecule has 1 saturated carbocycles. The van der Waals surface area contributed by atoms with Crippen LogP contribution in [0, 0.1) is 12.8 Å². The van der Waals surface area contributed by atoms with Gasteiger partial charge in [-0.05, 0) is 56.2 Å². The molecular weight excluding hydrogens is 416 g/mol. The third-order valence-electron chi connectivity index (χ3n) is 5.78. The van der Waals surface area contributed by atoms with E-state index in [4.69, 9.17) is 4.42 Å². The lowest BCUT2D eigenvalue weighted by Crippen LogP contribution is -2.15. The van der Waals surface area contributed by atoms with Gasteiger partial charge in [0.25, 0.3) is 5.91 Å². The van der Waals surface area contributed by atoms with Crippen LogP contribution in [0.1, 0.15) is 28.8 Å². The van der Waals surface area contributed by atoms with E-state index < -0.39 is 0 Å². The van der Waals surface area contributed by atoms with E-state index >= 15 is 0 Å². The van der Waals surface area contributed by atoms with Crippen LogP contribution in [0.25, 0.3) is 22.3 Å². The first kappa shape index (κ1) is 20.7. The molecule has 1 heterocycles. The quantitative estimate of drug-likeness (QED) is 0.438. The van der Waals surface area contributed by atoms with Crippen LogP contribution in [0.2, 0.25) is 0 Å². The summed E-state index contributed by atoms with van der Waals surface area (Å²) >= 11 is 0. The lowest BCUT2D eigenvalue weighted by atomic mass is 10.0. The molecule has 3 aromatic carbocycles. The zero-order valence-corrected chi connectivity index (χ0v) is 18.1. The Labute approximate surface area is 190 Å². The molecule has 1 aliphatic rings. The molecule has 2 amide bonds. The number of nitrogens with one attached hydrogen (secondary N) is 2. The van der Waals surface area contributed by atoms with Crippen LogP contribution in [-0.2, 0) is 4.79 Å². The molecule has 0 aliphatic heterocycles. The molecule has 6 nitrogen and oxygen atoms in total. The minimum absolute atomic E-state index is 0.0297. The summed E-state index contributed by atoms with van der Waals surface area (Å²) in [6.45, 7) is 1.73. The lowest BCUT2D eigenvalue weighted by molar-refractivity contribution is -0.117. The van der Waals surface area contributed by atoms with E-state index in [-0.39, 0.29) is 34.3 Å². The molecule has 0 bridgehead atoms. The highest BCUT2D eigenvalue weighted by Gasteiger charge is 2.29. The largest absolute Gasteiger partial charge is 0.455 e. The van der Waals surface area contributed by atoms with E-state index in [9.17, 15) is 14.4 Å². The molecule has 0 atom stereocenters. The van der Waals surface area contributed by atoms with Crippen molar-refractivity contribution >= 4 is 34.2 Å². The van der Waals surface area contributed by atoms with Gasteiger partial charge >= 0.3 is 0 Å². The first-order chi connectivity index (χ1) is 16.0. The molecule has 5 rings (SSSR count). The zero-order chi connectivity index (χ0) is 22.9. The van der Waals surface area contributed by atoms with Gasteiger partial charge < -0.3 is 15.1 Å². The van der Waals surface area contributed by atoms with Crippen molar-refractivity contribution in [3.8, 4) is 11.3 Å². The predicted octanol–water partition coefficient (Wildman–Crippen LogP) is 5.37. The molecule has 0 spiro atoms. The lowest BCUT2D eigenvalue weighted by Gasteiger charge is -2.11. The Kier molecular flexibility index (Phi) is 5.26. The zero-order valence-electron chi connectivity index (χ0n) is 18.1. The van der Waals surface area contributed by atoms with Gasteiger partial charge in [-0.1, -0.05) is 36.4 Å². The molecular formula is C27H22N2O4. The smallest absolute Gasteiger partial charge is 0.259 e. The summed E-state index contributed by atoms with van der Waals surface area (Å²) in [4.78, 5) is 38.0. The molecule has 1 fully saturated rings. The van der Waals surface area contributed by atoms with Crippen molar-refractivity contribution in [2.45, 2.75) is 19.8 Å². The molecule has 1 aromatic heterocycles. The van der Waals surface area contributed by atoms with E-state index in [1.807, 2.05) is 30.3 Å². The monoisotopic (exact) mass is 438 g/mol. The van der Waals surface area contributed by atoms with Gasteiger partial charge in [-0.2, -0.15) is 0 Å². The number of carbonyl (C=O) groups is 2. The van der Waals surface area contributed by atoms with E-state index in [0.717, 1.165) is 18.4 Å². The van der Waals surface area contributed by atoms with E-state index in [2.05, 4.69) is 10.6 Å². The Morgan fingerprint density at radius 1 is 0.848 bits per heavy atom. The van der Waals surface area contributed by atoms with Crippen molar-refractivity contribution in [2.24, 2.45) is 5.92 Å². The molecule has 0 unspecified atom stereocenters. The van der Waals surface area contributed by atoms with Crippen LogP contribution in [0.4, 0.5) is 11.4 Å². The number of fused-ring (bicyclic) bond motifs is 1. The number of anilines is 2. The summed E-state index contributed by atoms with van der Waals surface area (Å²) in [5, 5.41) is 6.08. The van der Waals surface area contributed by atoms with Crippen molar-refractivity contribution in [3.05, 3.63) is 94.1 Å². The predicted molar refractivity (Wildman–Crippen MR) is 128 cm³/mol. The van der Waals surface area contributed by atoms with Gasteiger partial charge in [0, 0.05) is 28.4 Å². The second kappa shape index (κ2) is 8.39. The molecule has 0 radical (unpaired) electrons. The number of amides is 2. The summed E-state index contributed by atoms with van der Waals surface area (Å²) in [5.41, 5.74) is 2.87. The number of hydrogen-bond donors (Lipinski definition) is 2. The molecule has 4 aromatic rings. The second-order valence-electron chi connectivity index (χ2n) is 8.23. The fourth-order valence-electron chi connectivity index (χ4n) is 3.78. The fraction of sp³-hybridized carbons (Fsp3) is 0.148. The van der Waals surface area contributed by atoms with Gasteiger partial charge in [-0.3, -0.25) is 14.4 Å². The summed E-state index contributed by atoms with van der Waals surface area (Å²) < 4.78 is 6.13. The number of hydrogen-bond acceptors (Lipinski definition) is 4. The highest BCUT2D eigenvalue weighted by molar-refractivity contribution is 6.11. The molecule has 1 aliphatic carbocycles. The minimum Gasteiger partial charge on any atom is -0.455 e. The van der Waals surface area contributed by atoms with Crippen LogP contribution < -0.4 is 16.1 Å². The van der Waals surface area contributed by atoms with Gasteiger partial charge in [0.2, 0.25) is 5.91 Å². The highest BCUT2D eigenvalue weighted by Crippen LogP contribution is 2.30. The van der Waals surface area contributed by atoms with Crippen LogP contribution in [-0.4, -0.2) is 11.8 Å². The minimum atomic E-state index is -0.388. The highest BCUT2D eigenvalue weighted by atomic mass is 16.3. The van der Waals surface area contributed by atoms with Gasteiger partial charge in [0.15, 0.2) is 11.0 Å². The average molecular weight is 438 g/mol. The van der Waals surface area contributed by atoms with Crippen LogP contribution >= 0.6 is 0 Å². The van der Waals surface area contributed by atoms with E-state index in [1.54, 1.807) is 49.4 Å². The number of benzene rings is 3. The van der Waals surface area contributed by atoms with Crippen LogP contribution in [0.3, 0.4) is 0 Å². The van der Waals surface area contributed by atoms with Gasteiger partial charge in [-0.25, -0.2) is 0 Å². The maximum Gasteiger partial charge on any atom is 0.259 e. The van der Waals surface area contributed by atoms with E-state index in [0.29, 0.717) is 28.1 Å². The first-order valence-corrected chi connectivity index (χ1v) is 10.9. The molecule has 2 N–H and O–H groups in total. The van der Waals surface area contributed by atoms with E-state index in [1.165, 1.54) is 0 Å². The maximum absolute atomic E-state index is 13.1. The van der Waals surface area contributed by atoms with Crippen molar-refractivity contribution in [3.63, 3.8) is 0 Å². The Morgan fingerprint density at radius 2 is 1.52 bits per heavy atom. The number of para-hydroxylation sites is 1. The maximum atomic E-state index is 13.1. The van der Waals surface area contributed by atoms with Gasteiger partial charge in [0.1, 0.15) is 5.76 Å². The fourth-order valence-corrected chi connectivity index (χ4v) is 3.78. The third-order valence-corrected chi connectivity index (χ3v) is 5.78. The average Bonchev–Trinajstić information content (AvgIpc) is 3.68. The Bertz CT molecular complexity index is 1420. The third kappa shape index (κ3) is 4.15. The first-order valence-electron chi connectivity index (χ1n) is 10.9. The van der Waals surface area contributed by atoms with Gasteiger partial charge in [0.05, 0.1) is 10.9 Å². The Morgan fingerprint density at radius 3 is 2.18 bits per heavy atom. The molecule has 33 heavy (non-hydrogen) atoms. The second-order valence-corrected chi connectivity index (χ2v) is 8.23. The SMILES string of the molecule is Cc1c(-c2ccccc2)oc2c(C(=O)Nc3ccc(NC(=O)C4CC4)cc3)cccc2c1=O. The molecule has 6 heteroatoms. The summed E-state index contributed by atoms with van der Waals surface area (Å²) in [6.07, 6.45) is 1.87. The van der Waals surface area contributed by atoms with Crippen molar-refractivity contribution in [1.29, 1.82) is 0 Å². The van der Waals surface area contributed by atoms with Crippen molar-refractivity contribution in [2.75, 3.05) is 10.6 Å². The normalized spacial score (nSPS) is 13.0. The van der Waals surface area contributed by atoms with Crippen molar-refractivity contribution < 1.29 is 14.0 Å². The number of carbonyl (C=O) groups excluding carboxylic acids is 2. The summed E-state index contributed by atoms with van der Waals surface area (Å²) in [5.74, 6) is 0.211. The van der Waals surface area contributed by atoms with Crippen LogP contribution in [0.5, 0.6) is 0 Å². The summed E-state index contributed by atoms with van der Waals surface area (Å²) in [6, 6.07) is 21.3. The Balaban J connectivity index is 1.45. The Hall–Kier alpha value is -4.19. The molecule has 0 saturated heterocycles. The topological polar surface area (TPSA) is 88.4 Å². The van der Waals surface area contributed by atoms with Gasteiger partial charge in [-0.15, -0.1) is 0 Å². The number of rotatable bonds is 5. The summed E-state index contributed by atoms with van der Waals surface area (Å²) in [7, 11) is 0. The standard InChI is InChI=1S/C27H22N2O4/c1-16-23(30)21-8-5-9-22(25(21)33-24(16)17-6-3-2-4-7-17)27(32)29-20-14-12-19(13-15-20)28-26(31)18-10-11-18/h2-9,12-15,18H,10-11H2,1H3,(H,28,31)(H,29,32). The van der Waals surface area contributed by atoms with Crippen molar-refractivity contribution in [1.82, 2.24) is 0 Å².